The molecule has 0 atom stereocenters. The highest BCUT2D eigenvalue weighted by Crippen LogP contribution is 2.32. The van der Waals surface area contributed by atoms with Crippen LogP contribution in [0.3, 0.4) is 0 Å². The van der Waals surface area contributed by atoms with Crippen molar-refractivity contribution >= 4 is 42.6 Å². The molecule has 196 valence electrons. The lowest BCUT2D eigenvalue weighted by Crippen LogP contribution is -2.36. The number of hydrogen-bond donors (Lipinski definition) is 0. The van der Waals surface area contributed by atoms with E-state index in [-0.39, 0.29) is 10.8 Å². The molecule has 1 aliphatic heterocycles. The van der Waals surface area contributed by atoms with Crippen molar-refractivity contribution < 1.29 is 13.2 Å². The Morgan fingerprint density at radius 3 is 2.41 bits per heavy atom. The van der Waals surface area contributed by atoms with E-state index in [1.807, 2.05) is 73.7 Å². The zero-order chi connectivity index (χ0) is 27.0. The normalized spacial score (nSPS) is 13.8. The molecule has 8 heteroatoms. The molecular formula is C31H27N3O3S2. The standard InChI is InChI=1S/C31H27N3O3S2/c1-22-11-16-28-29(19-22)38-31(32-28)34(20-23-7-3-2-4-8-23)30(35)25-12-14-27(15-13-25)39(36,37)33-18-17-24-9-5-6-10-26(24)21-33/h2-16,19H,17-18,20-21H2,1H3. The first-order chi connectivity index (χ1) is 18.9. The SMILES string of the molecule is Cc1ccc2nc(N(Cc3ccccc3)C(=O)c3ccc(S(=O)(=O)N4CCc5ccccc5C4)cc3)sc2c1. The maximum Gasteiger partial charge on any atom is 0.260 e. The number of amides is 1. The van der Waals surface area contributed by atoms with E-state index in [1.54, 1.807) is 17.0 Å². The average Bonchev–Trinajstić information content (AvgIpc) is 3.39. The van der Waals surface area contributed by atoms with Gasteiger partial charge in [-0.05, 0) is 72.0 Å². The van der Waals surface area contributed by atoms with Crippen LogP contribution in [-0.2, 0) is 29.5 Å². The fraction of sp³-hybridized carbons (Fsp3) is 0.161. The number of nitrogens with zero attached hydrogens (tertiary/aromatic N) is 3. The van der Waals surface area contributed by atoms with E-state index in [4.69, 9.17) is 4.98 Å². The molecule has 0 bridgehead atoms. The van der Waals surface area contributed by atoms with Crippen molar-refractivity contribution in [1.29, 1.82) is 0 Å². The molecule has 5 aromatic rings. The van der Waals surface area contributed by atoms with Gasteiger partial charge in [0.1, 0.15) is 0 Å². The zero-order valence-electron chi connectivity index (χ0n) is 21.4. The Balaban J connectivity index is 1.29. The summed E-state index contributed by atoms with van der Waals surface area (Å²) in [4.78, 5) is 20.4. The lowest BCUT2D eigenvalue weighted by molar-refractivity contribution is 0.0985. The maximum absolute atomic E-state index is 13.8. The summed E-state index contributed by atoms with van der Waals surface area (Å²) in [5, 5.41) is 0.605. The third-order valence-corrected chi connectivity index (χ3v) is 9.93. The summed E-state index contributed by atoms with van der Waals surface area (Å²) in [6.45, 7) is 3.17. The number of carbonyl (C=O) groups is 1. The van der Waals surface area contributed by atoms with Crippen molar-refractivity contribution in [2.75, 3.05) is 11.4 Å². The van der Waals surface area contributed by atoms with E-state index in [0.717, 1.165) is 26.9 Å². The number of hydrogen-bond acceptors (Lipinski definition) is 5. The van der Waals surface area contributed by atoms with Crippen LogP contribution >= 0.6 is 11.3 Å². The molecule has 0 unspecified atom stereocenters. The molecule has 6 nitrogen and oxygen atoms in total. The molecule has 1 aliphatic rings. The zero-order valence-corrected chi connectivity index (χ0v) is 23.1. The molecule has 1 aromatic heterocycles. The van der Waals surface area contributed by atoms with Crippen LogP contribution in [0, 0.1) is 6.92 Å². The first-order valence-electron chi connectivity index (χ1n) is 12.8. The molecule has 6 rings (SSSR count). The molecule has 1 amide bonds. The Morgan fingerprint density at radius 1 is 0.923 bits per heavy atom. The smallest absolute Gasteiger partial charge is 0.260 e. The number of rotatable bonds is 6. The fourth-order valence-corrected chi connectivity index (χ4v) is 7.36. The van der Waals surface area contributed by atoms with E-state index >= 15 is 0 Å². The second-order valence-corrected chi connectivity index (χ2v) is 12.7. The Hall–Kier alpha value is -3.85. The number of aryl methyl sites for hydroxylation is 1. The minimum atomic E-state index is -3.69. The van der Waals surface area contributed by atoms with Gasteiger partial charge in [0.15, 0.2) is 5.13 Å². The van der Waals surface area contributed by atoms with Gasteiger partial charge >= 0.3 is 0 Å². The summed E-state index contributed by atoms with van der Waals surface area (Å²) < 4.78 is 29.4. The third kappa shape index (κ3) is 5.11. The Labute approximate surface area is 232 Å². The van der Waals surface area contributed by atoms with Gasteiger partial charge in [-0.1, -0.05) is 72.0 Å². The molecule has 2 heterocycles. The first kappa shape index (κ1) is 25.4. The molecular weight excluding hydrogens is 526 g/mol. The van der Waals surface area contributed by atoms with Crippen molar-refractivity contribution in [2.45, 2.75) is 31.3 Å². The fourth-order valence-electron chi connectivity index (χ4n) is 4.88. The molecule has 0 aliphatic carbocycles. The summed E-state index contributed by atoms with van der Waals surface area (Å²) >= 11 is 1.47. The number of carbonyl (C=O) groups excluding carboxylic acids is 1. The van der Waals surface area contributed by atoms with E-state index in [9.17, 15) is 13.2 Å². The van der Waals surface area contributed by atoms with Gasteiger partial charge in [0, 0.05) is 18.7 Å². The maximum atomic E-state index is 13.8. The number of benzene rings is 4. The van der Waals surface area contributed by atoms with Gasteiger partial charge in [-0.25, -0.2) is 13.4 Å². The van der Waals surface area contributed by atoms with E-state index in [0.29, 0.717) is 36.8 Å². The Morgan fingerprint density at radius 2 is 1.64 bits per heavy atom. The highest BCUT2D eigenvalue weighted by Gasteiger charge is 2.29. The van der Waals surface area contributed by atoms with Gasteiger partial charge in [-0.3, -0.25) is 9.69 Å². The highest BCUT2D eigenvalue weighted by atomic mass is 32.2. The summed E-state index contributed by atoms with van der Waals surface area (Å²) in [7, 11) is -3.69. The monoisotopic (exact) mass is 553 g/mol. The number of thiazole rings is 1. The second-order valence-electron chi connectivity index (χ2n) is 9.73. The largest absolute Gasteiger partial charge is 0.279 e. The highest BCUT2D eigenvalue weighted by molar-refractivity contribution is 7.89. The Kier molecular flexibility index (Phi) is 6.76. The van der Waals surface area contributed by atoms with Crippen molar-refractivity contribution in [2.24, 2.45) is 0 Å². The van der Waals surface area contributed by atoms with Gasteiger partial charge in [0.25, 0.3) is 5.91 Å². The van der Waals surface area contributed by atoms with Gasteiger partial charge in [-0.2, -0.15) is 4.31 Å². The molecule has 39 heavy (non-hydrogen) atoms. The van der Waals surface area contributed by atoms with E-state index < -0.39 is 10.0 Å². The van der Waals surface area contributed by atoms with E-state index in [1.165, 1.54) is 33.3 Å². The van der Waals surface area contributed by atoms with Crippen molar-refractivity contribution in [3.05, 3.63) is 125 Å². The molecule has 0 radical (unpaired) electrons. The predicted molar refractivity (Wildman–Crippen MR) is 155 cm³/mol. The van der Waals surface area contributed by atoms with Crippen LogP contribution in [0.15, 0.2) is 102 Å². The minimum Gasteiger partial charge on any atom is -0.279 e. The van der Waals surface area contributed by atoms with Crippen LogP contribution in [-0.4, -0.2) is 30.2 Å². The second kappa shape index (κ2) is 10.4. The number of sulfonamides is 1. The Bertz CT molecular complexity index is 1760. The van der Waals surface area contributed by atoms with Crippen LogP contribution in [0.2, 0.25) is 0 Å². The molecule has 4 aromatic carbocycles. The lowest BCUT2D eigenvalue weighted by atomic mass is 10.0. The number of anilines is 1. The lowest BCUT2D eigenvalue weighted by Gasteiger charge is -2.28. The molecule has 0 fully saturated rings. The molecule has 0 saturated heterocycles. The quantitative estimate of drug-likeness (QED) is 0.251. The van der Waals surface area contributed by atoms with Crippen molar-refractivity contribution in [3.8, 4) is 0 Å². The summed E-state index contributed by atoms with van der Waals surface area (Å²) in [6.07, 6.45) is 0.683. The average molecular weight is 554 g/mol. The van der Waals surface area contributed by atoms with Gasteiger partial charge in [-0.15, -0.1) is 0 Å². The van der Waals surface area contributed by atoms with Crippen LogP contribution in [0.4, 0.5) is 5.13 Å². The van der Waals surface area contributed by atoms with E-state index in [2.05, 4.69) is 6.07 Å². The first-order valence-corrected chi connectivity index (χ1v) is 15.0. The van der Waals surface area contributed by atoms with Crippen molar-refractivity contribution in [1.82, 2.24) is 9.29 Å². The van der Waals surface area contributed by atoms with Crippen LogP contribution < -0.4 is 4.90 Å². The predicted octanol–water partition coefficient (Wildman–Crippen LogP) is 6.20. The molecule has 0 saturated carbocycles. The summed E-state index contributed by atoms with van der Waals surface area (Å²) in [6, 6.07) is 30.0. The molecule has 0 N–H and O–H groups in total. The van der Waals surface area contributed by atoms with Crippen LogP contribution in [0.25, 0.3) is 10.2 Å². The van der Waals surface area contributed by atoms with Crippen LogP contribution in [0.1, 0.15) is 32.6 Å². The third-order valence-electron chi connectivity index (χ3n) is 7.03. The van der Waals surface area contributed by atoms with Gasteiger partial charge < -0.3 is 0 Å². The molecule has 0 spiro atoms. The van der Waals surface area contributed by atoms with Gasteiger partial charge in [0.05, 0.1) is 21.7 Å². The van der Waals surface area contributed by atoms with Crippen LogP contribution in [0.5, 0.6) is 0 Å². The minimum absolute atomic E-state index is 0.184. The van der Waals surface area contributed by atoms with Gasteiger partial charge in [0.2, 0.25) is 10.0 Å². The number of fused-ring (bicyclic) bond motifs is 2. The topological polar surface area (TPSA) is 70.6 Å². The van der Waals surface area contributed by atoms with Crippen molar-refractivity contribution in [3.63, 3.8) is 0 Å². The summed E-state index contributed by atoms with van der Waals surface area (Å²) in [5.74, 6) is -0.231. The summed E-state index contributed by atoms with van der Waals surface area (Å²) in [5.41, 5.74) is 5.58. The number of aromatic nitrogens is 1.